The van der Waals surface area contributed by atoms with Crippen molar-refractivity contribution in [3.05, 3.63) is 59.8 Å². The van der Waals surface area contributed by atoms with Crippen LogP contribution >= 0.6 is 0 Å². The predicted molar refractivity (Wildman–Crippen MR) is 104 cm³/mol. The Morgan fingerprint density at radius 2 is 1.88 bits per heavy atom. The molecule has 6 nitrogen and oxygen atoms in total. The van der Waals surface area contributed by atoms with Crippen LogP contribution in [0, 0.1) is 0 Å². The van der Waals surface area contributed by atoms with E-state index in [-0.39, 0.29) is 5.91 Å². The third-order valence-electron chi connectivity index (χ3n) is 4.76. The average molecular weight is 353 g/mol. The highest BCUT2D eigenvalue weighted by Gasteiger charge is 2.19. The van der Waals surface area contributed by atoms with E-state index in [1.807, 2.05) is 42.5 Å². The minimum absolute atomic E-state index is 0.137. The van der Waals surface area contributed by atoms with E-state index in [0.717, 1.165) is 43.1 Å². The molecule has 1 fully saturated rings. The van der Waals surface area contributed by atoms with Gasteiger partial charge in [-0.1, -0.05) is 36.4 Å². The SMILES string of the molecule is CN1CCN(c2ncccc2CNC(=O)C(N)Cc2ccccc2)CC1. The first-order valence-corrected chi connectivity index (χ1v) is 9.08. The molecule has 138 valence electrons. The molecule has 6 heteroatoms. The molecule has 2 heterocycles. The predicted octanol–water partition coefficient (Wildman–Crippen LogP) is 1.02. The molecule has 1 saturated heterocycles. The second-order valence-corrected chi connectivity index (χ2v) is 6.79. The highest BCUT2D eigenvalue weighted by atomic mass is 16.2. The maximum atomic E-state index is 12.4. The fourth-order valence-electron chi connectivity index (χ4n) is 3.15. The van der Waals surface area contributed by atoms with Crippen molar-refractivity contribution in [3.8, 4) is 0 Å². The summed E-state index contributed by atoms with van der Waals surface area (Å²) in [7, 11) is 2.13. The monoisotopic (exact) mass is 353 g/mol. The minimum Gasteiger partial charge on any atom is -0.354 e. The maximum absolute atomic E-state index is 12.4. The molecule has 2 aromatic rings. The molecule has 1 unspecified atom stereocenters. The van der Waals surface area contributed by atoms with Crippen LogP contribution in [0.25, 0.3) is 0 Å². The molecule has 1 aromatic heterocycles. The molecule has 1 aromatic carbocycles. The quantitative estimate of drug-likeness (QED) is 0.811. The van der Waals surface area contributed by atoms with Crippen molar-refractivity contribution in [2.24, 2.45) is 5.73 Å². The van der Waals surface area contributed by atoms with Gasteiger partial charge in [-0.05, 0) is 25.1 Å². The Morgan fingerprint density at radius 3 is 2.62 bits per heavy atom. The molecule has 0 saturated carbocycles. The summed E-state index contributed by atoms with van der Waals surface area (Å²) in [5, 5.41) is 2.97. The van der Waals surface area contributed by atoms with E-state index in [1.54, 1.807) is 6.20 Å². The molecule has 26 heavy (non-hydrogen) atoms. The summed E-state index contributed by atoms with van der Waals surface area (Å²) in [6.45, 7) is 4.37. The minimum atomic E-state index is -0.554. The van der Waals surface area contributed by atoms with Gasteiger partial charge in [0.2, 0.25) is 5.91 Å². The summed E-state index contributed by atoms with van der Waals surface area (Å²) in [5.41, 5.74) is 8.16. The number of piperazine rings is 1. The van der Waals surface area contributed by atoms with Crippen LogP contribution in [-0.4, -0.2) is 55.1 Å². The number of aromatic nitrogens is 1. The smallest absolute Gasteiger partial charge is 0.237 e. The number of hydrogen-bond donors (Lipinski definition) is 2. The number of nitrogens with two attached hydrogens (primary N) is 1. The molecule has 3 rings (SSSR count). The van der Waals surface area contributed by atoms with E-state index in [2.05, 4.69) is 27.1 Å². The summed E-state index contributed by atoms with van der Waals surface area (Å²) in [5.74, 6) is 0.819. The van der Waals surface area contributed by atoms with Crippen molar-refractivity contribution >= 4 is 11.7 Å². The third kappa shape index (κ3) is 4.80. The lowest BCUT2D eigenvalue weighted by atomic mass is 10.1. The van der Waals surface area contributed by atoms with Gasteiger partial charge in [0.25, 0.3) is 0 Å². The van der Waals surface area contributed by atoms with E-state index in [1.165, 1.54) is 0 Å². The lowest BCUT2D eigenvalue weighted by Gasteiger charge is -2.34. The van der Waals surface area contributed by atoms with Crippen LogP contribution in [0.2, 0.25) is 0 Å². The Hall–Kier alpha value is -2.44. The Kier molecular flexibility index (Phi) is 6.20. The summed E-state index contributed by atoms with van der Waals surface area (Å²) in [6.07, 6.45) is 2.34. The number of benzene rings is 1. The fraction of sp³-hybridized carbons (Fsp3) is 0.400. The van der Waals surface area contributed by atoms with Gasteiger partial charge in [-0.25, -0.2) is 4.98 Å². The van der Waals surface area contributed by atoms with Gasteiger partial charge in [-0.2, -0.15) is 0 Å². The summed E-state index contributed by atoms with van der Waals surface area (Å²) in [4.78, 5) is 21.5. The first-order chi connectivity index (χ1) is 12.6. The zero-order chi connectivity index (χ0) is 18.4. The lowest BCUT2D eigenvalue weighted by Crippen LogP contribution is -2.45. The first kappa shape index (κ1) is 18.4. The molecule has 1 aliphatic heterocycles. The van der Waals surface area contributed by atoms with Crippen LogP contribution in [-0.2, 0) is 17.8 Å². The number of likely N-dealkylation sites (N-methyl/N-ethyl adjacent to an activating group) is 1. The first-order valence-electron chi connectivity index (χ1n) is 9.08. The molecule has 1 atom stereocenters. The van der Waals surface area contributed by atoms with E-state index in [0.29, 0.717) is 13.0 Å². The summed E-state index contributed by atoms with van der Waals surface area (Å²) >= 11 is 0. The Labute approximate surface area is 155 Å². The second-order valence-electron chi connectivity index (χ2n) is 6.79. The van der Waals surface area contributed by atoms with Crippen LogP contribution in [0.5, 0.6) is 0 Å². The van der Waals surface area contributed by atoms with Crippen molar-refractivity contribution in [3.63, 3.8) is 0 Å². The van der Waals surface area contributed by atoms with Crippen molar-refractivity contribution in [2.45, 2.75) is 19.0 Å². The van der Waals surface area contributed by atoms with Gasteiger partial charge in [0.15, 0.2) is 0 Å². The van der Waals surface area contributed by atoms with Gasteiger partial charge < -0.3 is 20.9 Å². The molecule has 1 amide bonds. The number of anilines is 1. The number of amides is 1. The highest BCUT2D eigenvalue weighted by molar-refractivity contribution is 5.81. The molecule has 1 aliphatic rings. The van der Waals surface area contributed by atoms with Crippen molar-refractivity contribution < 1.29 is 4.79 Å². The number of nitrogens with zero attached hydrogens (tertiary/aromatic N) is 3. The molecular formula is C20H27N5O. The molecular weight excluding hydrogens is 326 g/mol. The van der Waals surface area contributed by atoms with Gasteiger partial charge in [-0.3, -0.25) is 4.79 Å². The van der Waals surface area contributed by atoms with Crippen molar-refractivity contribution in [2.75, 3.05) is 38.1 Å². The van der Waals surface area contributed by atoms with Crippen LogP contribution in [0.4, 0.5) is 5.82 Å². The molecule has 3 N–H and O–H groups in total. The van der Waals surface area contributed by atoms with Crippen molar-refractivity contribution in [1.82, 2.24) is 15.2 Å². The Bertz CT molecular complexity index is 713. The maximum Gasteiger partial charge on any atom is 0.237 e. The summed E-state index contributed by atoms with van der Waals surface area (Å²) < 4.78 is 0. The van der Waals surface area contributed by atoms with Crippen LogP contribution in [0.15, 0.2) is 48.7 Å². The third-order valence-corrected chi connectivity index (χ3v) is 4.76. The second kappa shape index (κ2) is 8.78. The topological polar surface area (TPSA) is 74.5 Å². The standard InChI is InChI=1S/C20H27N5O/c1-24-10-12-25(13-11-24)19-17(8-5-9-22-19)15-23-20(26)18(21)14-16-6-3-2-4-7-16/h2-9,18H,10-15,21H2,1H3,(H,23,26). The van der Waals surface area contributed by atoms with E-state index in [4.69, 9.17) is 5.73 Å². The molecule has 0 radical (unpaired) electrons. The zero-order valence-corrected chi connectivity index (χ0v) is 15.3. The zero-order valence-electron chi connectivity index (χ0n) is 15.3. The van der Waals surface area contributed by atoms with E-state index >= 15 is 0 Å². The average Bonchev–Trinajstić information content (AvgIpc) is 2.68. The molecule has 0 spiro atoms. The van der Waals surface area contributed by atoms with Gasteiger partial charge in [-0.15, -0.1) is 0 Å². The number of pyridine rings is 1. The van der Waals surface area contributed by atoms with Crippen LogP contribution in [0.1, 0.15) is 11.1 Å². The fourth-order valence-corrected chi connectivity index (χ4v) is 3.15. The number of carbonyl (C=O) groups excluding carboxylic acids is 1. The highest BCUT2D eigenvalue weighted by Crippen LogP contribution is 2.18. The Balaban J connectivity index is 1.58. The molecule has 0 aliphatic carbocycles. The van der Waals surface area contributed by atoms with Gasteiger partial charge in [0, 0.05) is 44.5 Å². The molecule has 0 bridgehead atoms. The van der Waals surface area contributed by atoms with Gasteiger partial charge in [0.1, 0.15) is 5.82 Å². The number of nitrogens with one attached hydrogen (secondary N) is 1. The number of rotatable bonds is 6. The number of carbonyl (C=O) groups is 1. The van der Waals surface area contributed by atoms with Crippen molar-refractivity contribution in [1.29, 1.82) is 0 Å². The van der Waals surface area contributed by atoms with Gasteiger partial charge in [0.05, 0.1) is 6.04 Å². The lowest BCUT2D eigenvalue weighted by molar-refractivity contribution is -0.122. The van der Waals surface area contributed by atoms with Crippen LogP contribution in [0.3, 0.4) is 0 Å². The number of hydrogen-bond acceptors (Lipinski definition) is 5. The summed E-state index contributed by atoms with van der Waals surface area (Å²) in [6, 6.07) is 13.2. The van der Waals surface area contributed by atoms with Gasteiger partial charge >= 0.3 is 0 Å². The largest absolute Gasteiger partial charge is 0.354 e. The normalized spacial score (nSPS) is 16.3. The van der Waals surface area contributed by atoms with Crippen LogP contribution < -0.4 is 16.0 Å². The van der Waals surface area contributed by atoms with E-state index in [9.17, 15) is 4.79 Å². The van der Waals surface area contributed by atoms with E-state index < -0.39 is 6.04 Å². The Morgan fingerprint density at radius 1 is 1.15 bits per heavy atom.